The van der Waals surface area contributed by atoms with Crippen molar-refractivity contribution < 1.29 is 0 Å². The number of tetrazole rings is 1. The van der Waals surface area contributed by atoms with Gasteiger partial charge in [-0.15, -0.1) is 10.2 Å². The molecule has 3 aliphatic rings. The van der Waals surface area contributed by atoms with Crippen molar-refractivity contribution in [2.45, 2.75) is 43.6 Å². The van der Waals surface area contributed by atoms with E-state index in [1.165, 1.54) is 11.1 Å². The zero-order valence-corrected chi connectivity index (χ0v) is 18.0. The maximum absolute atomic E-state index is 13.2. The highest BCUT2D eigenvalue weighted by Gasteiger charge is 2.53. The van der Waals surface area contributed by atoms with Gasteiger partial charge < -0.3 is 10.6 Å². The third-order valence-electron chi connectivity index (χ3n) is 8.05. The number of nitrogens with two attached hydrogens (primary N) is 1. The van der Waals surface area contributed by atoms with Gasteiger partial charge in [-0.05, 0) is 48.6 Å². The highest BCUT2D eigenvalue weighted by molar-refractivity contribution is 5.80. The molecule has 1 saturated carbocycles. The summed E-state index contributed by atoms with van der Waals surface area (Å²) in [7, 11) is 0. The summed E-state index contributed by atoms with van der Waals surface area (Å²) in [6.07, 6.45) is 4.58. The number of fused-ring (bicyclic) bond motifs is 2. The number of nitrogens with zero attached hydrogens (tertiary/aromatic N) is 6. The maximum Gasteiger partial charge on any atom is 0.263 e. The molecule has 1 atom stereocenters. The number of hydrogen-bond acceptors (Lipinski definition) is 8. The van der Waals surface area contributed by atoms with Gasteiger partial charge in [-0.25, -0.2) is 0 Å². The van der Waals surface area contributed by atoms with Gasteiger partial charge in [0.25, 0.3) is 5.56 Å². The molecule has 0 unspecified atom stereocenters. The summed E-state index contributed by atoms with van der Waals surface area (Å²) in [4.78, 5) is 23.0. The third-order valence-corrected chi connectivity index (χ3v) is 8.05. The number of aromatic amines is 3. The molecule has 1 aliphatic heterocycles. The zero-order chi connectivity index (χ0) is 22.2. The lowest BCUT2D eigenvalue weighted by molar-refractivity contribution is 0.187. The fourth-order valence-corrected chi connectivity index (χ4v) is 5.95. The van der Waals surface area contributed by atoms with Gasteiger partial charge in [-0.1, -0.05) is 29.5 Å². The first-order chi connectivity index (χ1) is 16.1. The number of nitrogens with one attached hydrogen (secondary N) is 3. The van der Waals surface area contributed by atoms with E-state index in [0.717, 1.165) is 45.2 Å². The maximum atomic E-state index is 13.2. The standard InChI is InChI=1S/C22H24N10O/c23-15-13-4-2-1-3-12(13)11-21(15)7-9-32(10-8-21)20-24-17-14(18(33)25-20)16(26-27-17)22(5-6-22)19-28-30-31-29-19/h1-4,15H,5-11,23H2,(H,28,29,30,31)(H2,24,25,26,27,33)/t15-/m1/s1. The normalized spacial score (nSPS) is 22.7. The van der Waals surface area contributed by atoms with Crippen LogP contribution in [0.5, 0.6) is 0 Å². The summed E-state index contributed by atoms with van der Waals surface area (Å²) in [6.45, 7) is 1.59. The minimum absolute atomic E-state index is 0.0559. The highest BCUT2D eigenvalue weighted by atomic mass is 16.1. The van der Waals surface area contributed by atoms with Crippen LogP contribution in [0.3, 0.4) is 0 Å². The van der Waals surface area contributed by atoms with Crippen molar-refractivity contribution in [1.82, 2.24) is 40.8 Å². The fourth-order valence-electron chi connectivity index (χ4n) is 5.95. The first-order valence-corrected chi connectivity index (χ1v) is 11.4. The summed E-state index contributed by atoms with van der Waals surface area (Å²) in [5.74, 6) is 1.14. The molecule has 11 nitrogen and oxygen atoms in total. The predicted molar refractivity (Wildman–Crippen MR) is 120 cm³/mol. The average molecular weight is 445 g/mol. The molecule has 4 aromatic rings. The monoisotopic (exact) mass is 444 g/mol. The summed E-state index contributed by atoms with van der Waals surface area (Å²) in [5.41, 5.74) is 9.90. The fraction of sp³-hybridized carbons (Fsp3) is 0.455. The van der Waals surface area contributed by atoms with Crippen LogP contribution in [0.25, 0.3) is 11.0 Å². The molecule has 11 heteroatoms. The Morgan fingerprint density at radius 3 is 2.64 bits per heavy atom. The van der Waals surface area contributed by atoms with Crippen molar-refractivity contribution in [2.24, 2.45) is 11.1 Å². The van der Waals surface area contributed by atoms with E-state index in [1.54, 1.807) is 0 Å². The first kappa shape index (κ1) is 18.9. The van der Waals surface area contributed by atoms with Crippen LogP contribution in [0.1, 0.15) is 54.4 Å². The molecule has 0 bridgehead atoms. The zero-order valence-electron chi connectivity index (χ0n) is 18.0. The average Bonchev–Trinajstić information content (AvgIpc) is 3.17. The van der Waals surface area contributed by atoms with Crippen molar-refractivity contribution in [1.29, 1.82) is 0 Å². The molecule has 4 heterocycles. The van der Waals surface area contributed by atoms with Crippen molar-refractivity contribution in [3.63, 3.8) is 0 Å². The molecule has 1 spiro atoms. The van der Waals surface area contributed by atoms with Crippen molar-refractivity contribution in [2.75, 3.05) is 18.0 Å². The molecule has 168 valence electrons. The summed E-state index contributed by atoms with van der Waals surface area (Å²) < 4.78 is 0. The molecule has 0 radical (unpaired) electrons. The first-order valence-electron chi connectivity index (χ1n) is 11.4. The van der Waals surface area contributed by atoms with Gasteiger partial charge in [0.2, 0.25) is 5.95 Å². The lowest BCUT2D eigenvalue weighted by atomic mass is 9.73. The summed E-state index contributed by atoms with van der Waals surface area (Å²) in [6, 6.07) is 8.57. The largest absolute Gasteiger partial charge is 0.342 e. The Morgan fingerprint density at radius 1 is 1.09 bits per heavy atom. The van der Waals surface area contributed by atoms with Gasteiger partial charge in [0.1, 0.15) is 5.39 Å². The molecule has 7 rings (SSSR count). The molecule has 1 saturated heterocycles. The van der Waals surface area contributed by atoms with E-state index >= 15 is 0 Å². The molecule has 2 fully saturated rings. The van der Waals surface area contributed by atoms with E-state index in [1.807, 2.05) is 0 Å². The molecular formula is C22H24N10O. The Kier molecular flexibility index (Phi) is 3.71. The van der Waals surface area contributed by atoms with Crippen LogP contribution >= 0.6 is 0 Å². The van der Waals surface area contributed by atoms with Crippen LogP contribution in [-0.4, -0.2) is 53.9 Å². The van der Waals surface area contributed by atoms with Crippen LogP contribution in [-0.2, 0) is 11.8 Å². The van der Waals surface area contributed by atoms with E-state index in [9.17, 15) is 4.79 Å². The molecule has 2 aliphatic carbocycles. The Labute approximate surface area is 188 Å². The number of aromatic nitrogens is 8. The Bertz CT molecular complexity index is 1410. The number of anilines is 1. The summed E-state index contributed by atoms with van der Waals surface area (Å²) in [5, 5.41) is 22.3. The van der Waals surface area contributed by atoms with Crippen LogP contribution in [0.15, 0.2) is 29.1 Å². The van der Waals surface area contributed by atoms with E-state index in [0.29, 0.717) is 28.5 Å². The third kappa shape index (κ3) is 2.59. The number of rotatable bonds is 3. The van der Waals surface area contributed by atoms with Crippen LogP contribution in [0, 0.1) is 5.41 Å². The second-order valence-electron chi connectivity index (χ2n) is 9.71. The quantitative estimate of drug-likeness (QED) is 0.365. The Morgan fingerprint density at radius 2 is 1.91 bits per heavy atom. The van der Waals surface area contributed by atoms with Gasteiger partial charge in [-0.2, -0.15) is 15.3 Å². The van der Waals surface area contributed by atoms with E-state index in [4.69, 9.17) is 10.7 Å². The number of benzene rings is 1. The second kappa shape index (κ2) is 6.47. The minimum atomic E-state index is -0.466. The van der Waals surface area contributed by atoms with Gasteiger partial charge >= 0.3 is 0 Å². The van der Waals surface area contributed by atoms with Gasteiger partial charge in [0, 0.05) is 19.1 Å². The van der Waals surface area contributed by atoms with E-state index in [2.05, 4.69) is 65.0 Å². The molecular weight excluding hydrogens is 420 g/mol. The van der Waals surface area contributed by atoms with Crippen LogP contribution < -0.4 is 16.2 Å². The predicted octanol–water partition coefficient (Wildman–Crippen LogP) is 1.08. The van der Waals surface area contributed by atoms with Crippen molar-refractivity contribution in [3.8, 4) is 0 Å². The Balaban J connectivity index is 1.17. The lowest BCUT2D eigenvalue weighted by Gasteiger charge is -2.42. The Hall–Kier alpha value is -3.60. The van der Waals surface area contributed by atoms with Crippen molar-refractivity contribution >= 4 is 17.0 Å². The lowest BCUT2D eigenvalue weighted by Crippen LogP contribution is -2.45. The molecule has 5 N–H and O–H groups in total. The highest BCUT2D eigenvalue weighted by Crippen LogP contribution is 2.53. The molecule has 3 aromatic heterocycles. The van der Waals surface area contributed by atoms with Gasteiger partial charge in [-0.3, -0.25) is 14.9 Å². The van der Waals surface area contributed by atoms with Crippen LogP contribution in [0.4, 0.5) is 5.95 Å². The minimum Gasteiger partial charge on any atom is -0.342 e. The van der Waals surface area contributed by atoms with Gasteiger partial charge in [0.15, 0.2) is 11.5 Å². The second-order valence-corrected chi connectivity index (χ2v) is 9.71. The smallest absolute Gasteiger partial charge is 0.263 e. The summed E-state index contributed by atoms with van der Waals surface area (Å²) >= 11 is 0. The van der Waals surface area contributed by atoms with E-state index < -0.39 is 5.41 Å². The topological polar surface area (TPSA) is 158 Å². The molecule has 0 amide bonds. The molecule has 33 heavy (non-hydrogen) atoms. The SMILES string of the molecule is N[C@@H]1c2ccccc2CC12CCN(c1nc3[nH]nc(C4(c5nn[nH]n5)CC4)c3c(=O)[nH]1)CC2. The van der Waals surface area contributed by atoms with Crippen LogP contribution in [0.2, 0.25) is 0 Å². The number of piperidine rings is 1. The molecule has 1 aromatic carbocycles. The number of hydrogen-bond donors (Lipinski definition) is 4. The van der Waals surface area contributed by atoms with Gasteiger partial charge in [0.05, 0.1) is 11.1 Å². The van der Waals surface area contributed by atoms with E-state index in [-0.39, 0.29) is 17.0 Å². The van der Waals surface area contributed by atoms with Crippen molar-refractivity contribution in [3.05, 3.63) is 57.3 Å². The number of H-pyrrole nitrogens is 3.